The number of benzene rings is 1. The molecule has 1 amide bonds. The van der Waals surface area contributed by atoms with Gasteiger partial charge >= 0.3 is 0 Å². The first-order valence-corrected chi connectivity index (χ1v) is 7.27. The summed E-state index contributed by atoms with van der Waals surface area (Å²) in [7, 11) is 0. The van der Waals surface area contributed by atoms with Gasteiger partial charge in [0.25, 0.3) is 0 Å². The van der Waals surface area contributed by atoms with Crippen LogP contribution in [0.4, 0.5) is 5.95 Å². The normalized spacial score (nSPS) is 21.7. The highest BCUT2D eigenvalue weighted by Gasteiger charge is 2.40. The summed E-state index contributed by atoms with van der Waals surface area (Å²) in [6, 6.07) is 7.76. The van der Waals surface area contributed by atoms with Crippen molar-refractivity contribution >= 4 is 22.9 Å². The fraction of sp³-hybridized carbons (Fsp3) is 0.250. The lowest BCUT2D eigenvalue weighted by Gasteiger charge is -2.18. The summed E-state index contributed by atoms with van der Waals surface area (Å²) < 4.78 is 0. The lowest BCUT2D eigenvalue weighted by molar-refractivity contribution is -0.118. The van der Waals surface area contributed by atoms with Gasteiger partial charge in [-0.3, -0.25) is 9.69 Å². The average Bonchev–Trinajstić information content (AvgIpc) is 3.11. The van der Waals surface area contributed by atoms with Crippen LogP contribution < -0.4 is 4.90 Å². The lowest BCUT2D eigenvalue weighted by atomic mass is 9.96. The van der Waals surface area contributed by atoms with Gasteiger partial charge in [-0.1, -0.05) is 6.07 Å². The first-order valence-electron chi connectivity index (χ1n) is 7.27. The molecule has 1 fully saturated rings. The highest BCUT2D eigenvalue weighted by Crippen LogP contribution is 2.35. The third-order valence-electron chi connectivity index (χ3n) is 4.17. The van der Waals surface area contributed by atoms with Crippen molar-refractivity contribution in [2.45, 2.75) is 25.3 Å². The van der Waals surface area contributed by atoms with E-state index in [1.165, 1.54) is 0 Å². The van der Waals surface area contributed by atoms with Crippen molar-refractivity contribution in [1.82, 2.24) is 19.9 Å². The molecule has 0 radical (unpaired) electrons. The molecule has 2 aromatic heterocycles. The maximum atomic E-state index is 12.8. The number of aromatic amines is 1. The molecule has 4 rings (SSSR count). The third kappa shape index (κ3) is 1.95. The Labute approximate surface area is 127 Å². The SMILES string of the molecule is CC1CC(c2ccc3nc[nH]c3c2)C(=O)N1c1ncccn1. The van der Waals surface area contributed by atoms with Crippen molar-refractivity contribution in [3.63, 3.8) is 0 Å². The Morgan fingerprint density at radius 3 is 2.86 bits per heavy atom. The standard InChI is InChI=1S/C16H15N5O/c1-10-7-12(11-3-4-13-14(8-11)20-9-19-13)15(22)21(10)16-17-5-2-6-18-16/h2-6,8-10,12H,7H2,1H3,(H,19,20). The number of imidazole rings is 1. The summed E-state index contributed by atoms with van der Waals surface area (Å²) in [5, 5.41) is 0. The van der Waals surface area contributed by atoms with Crippen LogP contribution in [0.3, 0.4) is 0 Å². The van der Waals surface area contributed by atoms with Crippen molar-refractivity contribution in [2.75, 3.05) is 4.90 Å². The van der Waals surface area contributed by atoms with Gasteiger partial charge in [0.05, 0.1) is 23.3 Å². The van der Waals surface area contributed by atoms with Crippen LogP contribution in [-0.2, 0) is 4.79 Å². The Hall–Kier alpha value is -2.76. The number of carbonyl (C=O) groups is 1. The van der Waals surface area contributed by atoms with Crippen LogP contribution in [0.1, 0.15) is 24.8 Å². The summed E-state index contributed by atoms with van der Waals surface area (Å²) in [5.41, 5.74) is 2.87. The molecule has 1 N–H and O–H groups in total. The number of carbonyl (C=O) groups excluding carboxylic acids is 1. The van der Waals surface area contributed by atoms with Crippen LogP contribution in [0, 0.1) is 0 Å². The molecule has 22 heavy (non-hydrogen) atoms. The molecule has 2 atom stereocenters. The topological polar surface area (TPSA) is 74.8 Å². The van der Waals surface area contributed by atoms with E-state index in [9.17, 15) is 4.79 Å². The second kappa shape index (κ2) is 4.91. The second-order valence-electron chi connectivity index (χ2n) is 5.57. The zero-order valence-corrected chi connectivity index (χ0v) is 12.1. The van der Waals surface area contributed by atoms with E-state index in [-0.39, 0.29) is 17.9 Å². The highest BCUT2D eigenvalue weighted by atomic mass is 16.2. The minimum absolute atomic E-state index is 0.0533. The number of anilines is 1. The quantitative estimate of drug-likeness (QED) is 0.786. The first kappa shape index (κ1) is 12.9. The van der Waals surface area contributed by atoms with E-state index >= 15 is 0 Å². The second-order valence-corrected chi connectivity index (χ2v) is 5.57. The fourth-order valence-electron chi connectivity index (χ4n) is 3.09. The predicted molar refractivity (Wildman–Crippen MR) is 82.4 cm³/mol. The number of amides is 1. The number of nitrogens with zero attached hydrogens (tertiary/aromatic N) is 4. The molecule has 0 bridgehead atoms. The predicted octanol–water partition coefficient (Wildman–Crippen LogP) is 2.26. The number of hydrogen-bond acceptors (Lipinski definition) is 4. The van der Waals surface area contributed by atoms with E-state index in [4.69, 9.17) is 0 Å². The van der Waals surface area contributed by atoms with Gasteiger partial charge in [0.2, 0.25) is 11.9 Å². The maximum Gasteiger partial charge on any atom is 0.237 e. The monoisotopic (exact) mass is 293 g/mol. The Bertz CT molecular complexity index is 829. The zero-order chi connectivity index (χ0) is 15.1. The van der Waals surface area contributed by atoms with E-state index < -0.39 is 0 Å². The van der Waals surface area contributed by atoms with E-state index in [1.54, 1.807) is 29.7 Å². The number of H-pyrrole nitrogens is 1. The zero-order valence-electron chi connectivity index (χ0n) is 12.1. The van der Waals surface area contributed by atoms with Crippen LogP contribution in [-0.4, -0.2) is 31.9 Å². The molecule has 110 valence electrons. The summed E-state index contributed by atoms with van der Waals surface area (Å²) in [6.07, 6.45) is 5.74. The minimum Gasteiger partial charge on any atom is -0.345 e. The Morgan fingerprint density at radius 1 is 1.23 bits per heavy atom. The van der Waals surface area contributed by atoms with Gasteiger partial charge in [-0.2, -0.15) is 0 Å². The molecule has 0 saturated carbocycles. The fourth-order valence-corrected chi connectivity index (χ4v) is 3.09. The molecule has 1 aliphatic rings. The molecule has 6 heteroatoms. The largest absolute Gasteiger partial charge is 0.345 e. The minimum atomic E-state index is -0.161. The number of nitrogens with one attached hydrogen (secondary N) is 1. The maximum absolute atomic E-state index is 12.8. The summed E-state index contributed by atoms with van der Waals surface area (Å²) in [6.45, 7) is 2.03. The van der Waals surface area contributed by atoms with Crippen LogP contribution in [0.25, 0.3) is 11.0 Å². The molecular formula is C16H15N5O. The van der Waals surface area contributed by atoms with Crippen LogP contribution in [0.2, 0.25) is 0 Å². The molecule has 1 aromatic carbocycles. The molecule has 2 unspecified atom stereocenters. The van der Waals surface area contributed by atoms with Gasteiger partial charge in [-0.15, -0.1) is 0 Å². The van der Waals surface area contributed by atoms with Crippen molar-refractivity contribution in [3.8, 4) is 0 Å². The van der Waals surface area contributed by atoms with E-state index in [0.29, 0.717) is 5.95 Å². The van der Waals surface area contributed by atoms with Gasteiger partial charge in [-0.05, 0) is 37.1 Å². The molecule has 1 saturated heterocycles. The van der Waals surface area contributed by atoms with Gasteiger partial charge in [0.1, 0.15) is 0 Å². The molecular weight excluding hydrogens is 278 g/mol. The van der Waals surface area contributed by atoms with Gasteiger partial charge in [0, 0.05) is 18.4 Å². The smallest absolute Gasteiger partial charge is 0.237 e. The molecule has 0 spiro atoms. The number of hydrogen-bond donors (Lipinski definition) is 1. The number of aromatic nitrogens is 4. The summed E-state index contributed by atoms with van der Waals surface area (Å²) in [5.74, 6) is 0.370. The van der Waals surface area contributed by atoms with Crippen molar-refractivity contribution in [3.05, 3.63) is 48.5 Å². The average molecular weight is 293 g/mol. The van der Waals surface area contributed by atoms with Crippen LogP contribution in [0.15, 0.2) is 43.0 Å². The van der Waals surface area contributed by atoms with E-state index in [1.807, 2.05) is 25.1 Å². The molecule has 0 aliphatic carbocycles. The molecule has 6 nitrogen and oxygen atoms in total. The van der Waals surface area contributed by atoms with Crippen LogP contribution >= 0.6 is 0 Å². The van der Waals surface area contributed by atoms with E-state index in [0.717, 1.165) is 23.0 Å². The molecule has 1 aliphatic heterocycles. The number of rotatable bonds is 2. The van der Waals surface area contributed by atoms with Crippen molar-refractivity contribution in [1.29, 1.82) is 0 Å². The number of fused-ring (bicyclic) bond motifs is 1. The molecule has 3 aromatic rings. The third-order valence-corrected chi connectivity index (χ3v) is 4.17. The Morgan fingerprint density at radius 2 is 2.05 bits per heavy atom. The van der Waals surface area contributed by atoms with Crippen LogP contribution in [0.5, 0.6) is 0 Å². The van der Waals surface area contributed by atoms with Gasteiger partial charge < -0.3 is 4.98 Å². The van der Waals surface area contributed by atoms with Gasteiger partial charge in [0.15, 0.2) is 0 Å². The van der Waals surface area contributed by atoms with Crippen molar-refractivity contribution in [2.24, 2.45) is 0 Å². The summed E-state index contributed by atoms with van der Waals surface area (Å²) >= 11 is 0. The Kier molecular flexibility index (Phi) is 2.89. The first-order chi connectivity index (χ1) is 10.7. The summed E-state index contributed by atoms with van der Waals surface area (Å²) in [4.78, 5) is 30.2. The highest BCUT2D eigenvalue weighted by molar-refractivity contribution is 6.00. The van der Waals surface area contributed by atoms with Crippen molar-refractivity contribution < 1.29 is 4.79 Å². The lowest BCUT2D eigenvalue weighted by Crippen LogP contribution is -2.33. The Balaban J connectivity index is 1.70. The van der Waals surface area contributed by atoms with E-state index in [2.05, 4.69) is 19.9 Å². The molecule has 3 heterocycles. The van der Waals surface area contributed by atoms with Gasteiger partial charge in [-0.25, -0.2) is 15.0 Å².